The number of rotatable bonds is 10. The molecule has 0 radical (unpaired) electrons. The van der Waals surface area contributed by atoms with Gasteiger partial charge in [0.05, 0.1) is 22.7 Å². The number of halogens is 6. The van der Waals surface area contributed by atoms with Crippen LogP contribution < -0.4 is 4.74 Å². The Hall–Kier alpha value is -3.17. The third kappa shape index (κ3) is 6.42. The van der Waals surface area contributed by atoms with Crippen LogP contribution in [0.2, 0.25) is 0 Å². The van der Waals surface area contributed by atoms with E-state index in [0.29, 0.717) is 40.7 Å². The Bertz CT molecular complexity index is 1440. The van der Waals surface area contributed by atoms with E-state index in [1.165, 1.54) is 26.0 Å². The number of aryl methyl sites for hydroxylation is 1. The molecule has 230 valence electrons. The molecule has 3 aromatic rings. The van der Waals surface area contributed by atoms with Crippen LogP contribution in [0.25, 0.3) is 22.2 Å². The average Bonchev–Trinajstić information content (AvgIpc) is 3.26. The molecule has 2 unspecified atom stereocenters. The largest absolute Gasteiger partial charge is 0.492 e. The van der Waals surface area contributed by atoms with Gasteiger partial charge in [-0.1, -0.05) is 46.6 Å². The van der Waals surface area contributed by atoms with Gasteiger partial charge in [0.25, 0.3) is 0 Å². The van der Waals surface area contributed by atoms with Crippen molar-refractivity contribution in [2.45, 2.75) is 85.1 Å². The molecule has 2 heterocycles. The molecular formula is C32H37F6NO3. The summed E-state index contributed by atoms with van der Waals surface area (Å²) in [6, 6.07) is 9.53. The molecule has 2 aromatic carbocycles. The minimum absolute atomic E-state index is 0.134. The zero-order valence-corrected chi connectivity index (χ0v) is 24.5. The Labute approximate surface area is 242 Å². The van der Waals surface area contributed by atoms with E-state index < -0.39 is 48.4 Å². The fraction of sp³-hybridized carbons (Fsp3) is 0.531. The van der Waals surface area contributed by atoms with Crippen LogP contribution in [0.4, 0.5) is 26.3 Å². The number of carbonyl (C=O) groups is 1. The Morgan fingerprint density at radius 1 is 1.02 bits per heavy atom. The van der Waals surface area contributed by atoms with Crippen LogP contribution in [-0.4, -0.2) is 29.9 Å². The van der Waals surface area contributed by atoms with Crippen molar-refractivity contribution in [3.8, 4) is 17.0 Å². The van der Waals surface area contributed by atoms with Gasteiger partial charge >= 0.3 is 18.3 Å². The van der Waals surface area contributed by atoms with Crippen LogP contribution >= 0.6 is 0 Å². The number of hydrogen-bond donors (Lipinski definition) is 0. The first-order chi connectivity index (χ1) is 19.6. The van der Waals surface area contributed by atoms with Crippen molar-refractivity contribution in [3.63, 3.8) is 0 Å². The SMILES string of the molecule is CCCCCc1cc2c(c(C(F)(F)F)c1)-c1cc3ccc(OCC(C)(COC(=O)C(C)C)C(F)(F)F)cc3n1CC2C. The molecule has 0 amide bonds. The number of hydrogen-bond acceptors (Lipinski definition) is 3. The summed E-state index contributed by atoms with van der Waals surface area (Å²) < 4.78 is 97.3. The normalized spacial score (nSPS) is 16.7. The first-order valence-electron chi connectivity index (χ1n) is 14.3. The summed E-state index contributed by atoms with van der Waals surface area (Å²) in [7, 11) is 0. The molecule has 1 aliphatic rings. The summed E-state index contributed by atoms with van der Waals surface area (Å²) in [6.45, 7) is 6.62. The van der Waals surface area contributed by atoms with E-state index >= 15 is 0 Å². The number of carbonyl (C=O) groups excluding carboxylic acids is 1. The molecule has 0 bridgehead atoms. The Morgan fingerprint density at radius 3 is 2.36 bits per heavy atom. The third-order valence-corrected chi connectivity index (χ3v) is 7.97. The standard InChI is InChI=1S/C32H37F6NO3/c1-6-7-8-9-21-12-24-20(4)16-39-26-15-23(41-17-30(5,32(36,37)38)18-42-29(40)19(2)3)11-10-22(26)14-27(39)28(24)25(13-21)31(33,34)35/h10-15,19-20H,6-9,16-18H2,1-5H3. The molecule has 2 atom stereocenters. The summed E-state index contributed by atoms with van der Waals surface area (Å²) in [6.07, 6.45) is -5.96. The van der Waals surface area contributed by atoms with Crippen LogP contribution in [0, 0.1) is 11.3 Å². The van der Waals surface area contributed by atoms with Crippen molar-refractivity contribution >= 4 is 16.9 Å². The highest BCUT2D eigenvalue weighted by molar-refractivity contribution is 5.90. The van der Waals surface area contributed by atoms with E-state index in [-0.39, 0.29) is 17.2 Å². The number of unbranched alkanes of at least 4 members (excludes halogenated alkanes) is 2. The van der Waals surface area contributed by atoms with Gasteiger partial charge in [-0.15, -0.1) is 0 Å². The highest BCUT2D eigenvalue weighted by Gasteiger charge is 2.53. The zero-order chi connectivity index (χ0) is 31.0. The summed E-state index contributed by atoms with van der Waals surface area (Å²) in [4.78, 5) is 11.8. The summed E-state index contributed by atoms with van der Waals surface area (Å²) in [5.74, 6) is -1.41. The average molecular weight is 598 g/mol. The van der Waals surface area contributed by atoms with Gasteiger partial charge in [-0.25, -0.2) is 0 Å². The summed E-state index contributed by atoms with van der Waals surface area (Å²) in [5.41, 5.74) is -0.669. The highest BCUT2D eigenvalue weighted by Crippen LogP contribution is 2.47. The third-order valence-electron chi connectivity index (χ3n) is 7.97. The molecule has 1 aliphatic heterocycles. The maximum Gasteiger partial charge on any atom is 0.417 e. The van der Waals surface area contributed by atoms with Gasteiger partial charge in [0.1, 0.15) is 24.4 Å². The van der Waals surface area contributed by atoms with E-state index in [1.54, 1.807) is 22.8 Å². The second kappa shape index (κ2) is 11.8. The predicted molar refractivity (Wildman–Crippen MR) is 149 cm³/mol. The predicted octanol–water partition coefficient (Wildman–Crippen LogP) is 9.32. The van der Waals surface area contributed by atoms with Gasteiger partial charge in [0.2, 0.25) is 0 Å². The molecule has 0 spiro atoms. The van der Waals surface area contributed by atoms with Crippen molar-refractivity contribution in [1.29, 1.82) is 0 Å². The van der Waals surface area contributed by atoms with E-state index in [0.717, 1.165) is 26.2 Å². The number of esters is 1. The molecular weight excluding hydrogens is 560 g/mol. The molecule has 10 heteroatoms. The van der Waals surface area contributed by atoms with Crippen molar-refractivity contribution < 1.29 is 40.6 Å². The number of fused-ring (bicyclic) bond motifs is 5. The molecule has 0 fully saturated rings. The lowest BCUT2D eigenvalue weighted by molar-refractivity contribution is -0.241. The highest BCUT2D eigenvalue weighted by atomic mass is 19.4. The zero-order valence-electron chi connectivity index (χ0n) is 24.5. The smallest absolute Gasteiger partial charge is 0.417 e. The maximum absolute atomic E-state index is 14.4. The first-order valence-corrected chi connectivity index (χ1v) is 14.3. The van der Waals surface area contributed by atoms with E-state index in [1.807, 2.05) is 19.9 Å². The van der Waals surface area contributed by atoms with Crippen molar-refractivity contribution in [3.05, 3.63) is 53.1 Å². The fourth-order valence-electron chi connectivity index (χ4n) is 5.29. The molecule has 0 aliphatic carbocycles. The number of aromatic nitrogens is 1. The van der Waals surface area contributed by atoms with Crippen LogP contribution in [0.3, 0.4) is 0 Å². The minimum atomic E-state index is -4.72. The van der Waals surface area contributed by atoms with Crippen LogP contribution in [0.15, 0.2) is 36.4 Å². The Morgan fingerprint density at radius 2 is 1.74 bits per heavy atom. The van der Waals surface area contributed by atoms with Gasteiger partial charge in [-0.3, -0.25) is 4.79 Å². The number of ether oxygens (including phenoxy) is 2. The Balaban J connectivity index is 1.69. The molecule has 0 saturated heterocycles. The fourth-order valence-corrected chi connectivity index (χ4v) is 5.29. The van der Waals surface area contributed by atoms with E-state index in [9.17, 15) is 31.1 Å². The minimum Gasteiger partial charge on any atom is -0.492 e. The lowest BCUT2D eigenvalue weighted by Crippen LogP contribution is -2.45. The molecule has 0 saturated carbocycles. The van der Waals surface area contributed by atoms with Gasteiger partial charge in [0.15, 0.2) is 0 Å². The Kier molecular flexibility index (Phi) is 8.95. The number of alkyl halides is 6. The van der Waals surface area contributed by atoms with Gasteiger partial charge in [-0.05, 0) is 61.1 Å². The van der Waals surface area contributed by atoms with Crippen molar-refractivity contribution in [1.82, 2.24) is 4.57 Å². The second-order valence-corrected chi connectivity index (χ2v) is 11.9. The topological polar surface area (TPSA) is 40.5 Å². The summed E-state index contributed by atoms with van der Waals surface area (Å²) >= 11 is 0. The van der Waals surface area contributed by atoms with Gasteiger partial charge in [-0.2, -0.15) is 26.3 Å². The first kappa shape index (κ1) is 31.8. The molecule has 1 aromatic heterocycles. The maximum atomic E-state index is 14.4. The van der Waals surface area contributed by atoms with Crippen molar-refractivity contribution in [2.24, 2.45) is 11.3 Å². The number of nitrogens with zero attached hydrogens (tertiary/aromatic N) is 1. The van der Waals surface area contributed by atoms with Crippen LogP contribution in [0.5, 0.6) is 5.75 Å². The van der Waals surface area contributed by atoms with Crippen LogP contribution in [0.1, 0.15) is 76.5 Å². The van der Waals surface area contributed by atoms with Gasteiger partial charge < -0.3 is 14.0 Å². The monoisotopic (exact) mass is 597 g/mol. The second-order valence-electron chi connectivity index (χ2n) is 11.9. The van der Waals surface area contributed by atoms with Crippen LogP contribution in [-0.2, 0) is 28.7 Å². The van der Waals surface area contributed by atoms with Crippen molar-refractivity contribution in [2.75, 3.05) is 13.2 Å². The molecule has 4 nitrogen and oxygen atoms in total. The van der Waals surface area contributed by atoms with E-state index in [2.05, 4.69) is 0 Å². The molecule has 0 N–H and O–H groups in total. The lowest BCUT2D eigenvalue weighted by atomic mass is 9.84. The quantitative estimate of drug-likeness (QED) is 0.133. The summed E-state index contributed by atoms with van der Waals surface area (Å²) in [5, 5.41) is 0.655. The lowest BCUT2D eigenvalue weighted by Gasteiger charge is -2.31. The molecule has 4 rings (SSSR count). The molecule has 42 heavy (non-hydrogen) atoms. The van der Waals surface area contributed by atoms with E-state index in [4.69, 9.17) is 9.47 Å². The van der Waals surface area contributed by atoms with Gasteiger partial charge in [0, 0.05) is 23.6 Å². The number of benzene rings is 2.